The van der Waals surface area contributed by atoms with Gasteiger partial charge in [-0.3, -0.25) is 0 Å². The Kier molecular flexibility index (Phi) is 3.41. The summed E-state index contributed by atoms with van der Waals surface area (Å²) in [6.07, 6.45) is 0. The van der Waals surface area contributed by atoms with Crippen LogP contribution in [0.1, 0.15) is 18.4 Å². The van der Waals surface area contributed by atoms with Crippen molar-refractivity contribution < 1.29 is 13.5 Å². The number of halogens is 2. The van der Waals surface area contributed by atoms with Gasteiger partial charge in [0.2, 0.25) is 0 Å². The van der Waals surface area contributed by atoms with E-state index in [4.69, 9.17) is 10.5 Å². The van der Waals surface area contributed by atoms with Crippen LogP contribution >= 0.6 is 0 Å². The molecule has 14 heavy (non-hydrogen) atoms. The number of hydrogen-bond acceptors (Lipinski definition) is 2. The monoisotopic (exact) mass is 201 g/mol. The molecule has 0 radical (unpaired) electrons. The highest BCUT2D eigenvalue weighted by Gasteiger charge is 2.18. The largest absolute Gasteiger partial charge is 0.494 e. The second kappa shape index (κ2) is 4.37. The van der Waals surface area contributed by atoms with Crippen LogP contribution in [0.5, 0.6) is 5.75 Å². The highest BCUT2D eigenvalue weighted by atomic mass is 19.1. The fourth-order valence-corrected chi connectivity index (χ4v) is 1.28. The van der Waals surface area contributed by atoms with E-state index in [0.29, 0.717) is 0 Å². The Morgan fingerprint density at radius 3 is 2.57 bits per heavy atom. The van der Waals surface area contributed by atoms with Crippen LogP contribution in [0.2, 0.25) is 0 Å². The molecule has 0 saturated heterocycles. The zero-order valence-electron chi connectivity index (χ0n) is 8.18. The molecule has 2 N–H and O–H groups in total. The van der Waals surface area contributed by atoms with Crippen LogP contribution in [-0.2, 0) is 0 Å². The molecule has 0 amide bonds. The summed E-state index contributed by atoms with van der Waals surface area (Å²) in [6.45, 7) is 1.86. The van der Waals surface area contributed by atoms with E-state index < -0.39 is 11.6 Å². The normalized spacial score (nSPS) is 12.6. The summed E-state index contributed by atoms with van der Waals surface area (Å²) in [5.41, 5.74) is 5.35. The van der Waals surface area contributed by atoms with Gasteiger partial charge < -0.3 is 10.5 Å². The van der Waals surface area contributed by atoms with Crippen molar-refractivity contribution in [1.82, 2.24) is 0 Å². The zero-order chi connectivity index (χ0) is 10.7. The third kappa shape index (κ3) is 1.85. The standard InChI is InChI=1S/C10H13F2NO/c1-6(5-13)9-7(11)3-4-8(14-2)10(9)12/h3-4,6H,5,13H2,1-2H3. The molecule has 0 saturated carbocycles. The molecule has 0 aliphatic heterocycles. The summed E-state index contributed by atoms with van der Waals surface area (Å²) in [4.78, 5) is 0. The summed E-state index contributed by atoms with van der Waals surface area (Å²) < 4.78 is 31.6. The topological polar surface area (TPSA) is 35.2 Å². The van der Waals surface area contributed by atoms with Crippen LogP contribution in [0.3, 0.4) is 0 Å². The summed E-state index contributed by atoms with van der Waals surface area (Å²) >= 11 is 0. The minimum Gasteiger partial charge on any atom is -0.494 e. The van der Waals surface area contributed by atoms with Crippen molar-refractivity contribution in [3.05, 3.63) is 29.3 Å². The van der Waals surface area contributed by atoms with Crippen LogP contribution < -0.4 is 10.5 Å². The SMILES string of the molecule is COc1ccc(F)c(C(C)CN)c1F. The van der Waals surface area contributed by atoms with E-state index in [1.54, 1.807) is 6.92 Å². The van der Waals surface area contributed by atoms with Crippen LogP contribution in [0.4, 0.5) is 8.78 Å². The Morgan fingerprint density at radius 1 is 1.43 bits per heavy atom. The first-order chi connectivity index (χ1) is 6.61. The van der Waals surface area contributed by atoms with Crippen molar-refractivity contribution in [3.8, 4) is 5.75 Å². The first-order valence-corrected chi connectivity index (χ1v) is 4.33. The van der Waals surface area contributed by atoms with Crippen molar-refractivity contribution in [2.24, 2.45) is 5.73 Å². The number of ether oxygens (including phenoxy) is 1. The van der Waals surface area contributed by atoms with Crippen molar-refractivity contribution in [1.29, 1.82) is 0 Å². The first-order valence-electron chi connectivity index (χ1n) is 4.33. The molecule has 0 aliphatic carbocycles. The van der Waals surface area contributed by atoms with Crippen LogP contribution in [0.15, 0.2) is 12.1 Å². The number of hydrogen-bond donors (Lipinski definition) is 1. The second-order valence-electron chi connectivity index (χ2n) is 3.11. The lowest BCUT2D eigenvalue weighted by Crippen LogP contribution is -2.13. The highest BCUT2D eigenvalue weighted by Crippen LogP contribution is 2.28. The number of benzene rings is 1. The maximum Gasteiger partial charge on any atom is 0.171 e. The van der Waals surface area contributed by atoms with E-state index in [1.165, 1.54) is 19.2 Å². The second-order valence-corrected chi connectivity index (χ2v) is 3.11. The Bertz CT molecular complexity index is 328. The molecule has 0 bridgehead atoms. The van der Waals surface area contributed by atoms with Crippen molar-refractivity contribution in [2.75, 3.05) is 13.7 Å². The molecule has 0 aliphatic rings. The van der Waals surface area contributed by atoms with Gasteiger partial charge >= 0.3 is 0 Å². The van der Waals surface area contributed by atoms with Gasteiger partial charge in [0.05, 0.1) is 7.11 Å². The Balaban J connectivity index is 3.25. The molecule has 1 unspecified atom stereocenters. The average Bonchev–Trinajstić information content (AvgIpc) is 2.18. The van der Waals surface area contributed by atoms with E-state index in [-0.39, 0.29) is 23.8 Å². The van der Waals surface area contributed by atoms with Crippen LogP contribution in [-0.4, -0.2) is 13.7 Å². The Hall–Kier alpha value is -1.16. The lowest BCUT2D eigenvalue weighted by atomic mass is 10.00. The molecule has 0 heterocycles. The molecule has 78 valence electrons. The summed E-state index contributed by atoms with van der Waals surface area (Å²) in [7, 11) is 1.34. The Morgan fingerprint density at radius 2 is 2.07 bits per heavy atom. The fourth-order valence-electron chi connectivity index (χ4n) is 1.28. The molecule has 4 heteroatoms. The maximum absolute atomic E-state index is 13.6. The van der Waals surface area contributed by atoms with E-state index in [0.717, 1.165) is 0 Å². The van der Waals surface area contributed by atoms with Crippen LogP contribution in [0, 0.1) is 11.6 Å². The third-order valence-corrected chi connectivity index (χ3v) is 2.16. The summed E-state index contributed by atoms with van der Waals surface area (Å²) in [6, 6.07) is 2.45. The lowest BCUT2D eigenvalue weighted by molar-refractivity contribution is 0.378. The Labute approximate surface area is 81.7 Å². The quantitative estimate of drug-likeness (QED) is 0.812. The molecular weight excluding hydrogens is 188 g/mol. The molecule has 0 aromatic heterocycles. The van der Waals surface area contributed by atoms with Gasteiger partial charge in [-0.05, 0) is 24.6 Å². The van der Waals surface area contributed by atoms with Gasteiger partial charge in [-0.1, -0.05) is 6.92 Å². The molecule has 1 aromatic carbocycles. The minimum absolute atomic E-state index is 0.00755. The van der Waals surface area contributed by atoms with Gasteiger partial charge in [0.15, 0.2) is 11.6 Å². The van der Waals surface area contributed by atoms with E-state index in [9.17, 15) is 8.78 Å². The number of methoxy groups -OCH3 is 1. The van der Waals surface area contributed by atoms with Gasteiger partial charge in [-0.15, -0.1) is 0 Å². The van der Waals surface area contributed by atoms with Crippen molar-refractivity contribution in [3.63, 3.8) is 0 Å². The summed E-state index contributed by atoms with van der Waals surface area (Å²) in [5.74, 6) is -1.56. The van der Waals surface area contributed by atoms with Crippen molar-refractivity contribution >= 4 is 0 Å². The molecule has 0 fully saturated rings. The molecule has 1 atom stereocenters. The maximum atomic E-state index is 13.6. The average molecular weight is 201 g/mol. The van der Waals surface area contributed by atoms with E-state index in [1.807, 2.05) is 0 Å². The zero-order valence-corrected chi connectivity index (χ0v) is 8.18. The van der Waals surface area contributed by atoms with Gasteiger partial charge in [0.25, 0.3) is 0 Å². The minimum atomic E-state index is -0.662. The van der Waals surface area contributed by atoms with Gasteiger partial charge in [0.1, 0.15) is 5.82 Å². The predicted octanol–water partition coefficient (Wildman–Crippen LogP) is 2.04. The van der Waals surface area contributed by atoms with E-state index >= 15 is 0 Å². The van der Waals surface area contributed by atoms with E-state index in [2.05, 4.69) is 0 Å². The smallest absolute Gasteiger partial charge is 0.171 e. The predicted molar refractivity (Wildman–Crippen MR) is 50.4 cm³/mol. The fraction of sp³-hybridized carbons (Fsp3) is 0.400. The molecule has 1 rings (SSSR count). The van der Waals surface area contributed by atoms with Gasteiger partial charge in [-0.25, -0.2) is 8.78 Å². The van der Waals surface area contributed by atoms with Crippen LogP contribution in [0.25, 0.3) is 0 Å². The molecular formula is C10H13F2NO. The lowest BCUT2D eigenvalue weighted by Gasteiger charge is -2.13. The molecule has 0 spiro atoms. The summed E-state index contributed by atoms with van der Waals surface area (Å²) in [5, 5.41) is 0. The van der Waals surface area contributed by atoms with Gasteiger partial charge in [0, 0.05) is 5.56 Å². The first kappa shape index (κ1) is 10.9. The number of rotatable bonds is 3. The third-order valence-electron chi connectivity index (χ3n) is 2.16. The highest BCUT2D eigenvalue weighted by molar-refractivity contribution is 5.34. The van der Waals surface area contributed by atoms with Gasteiger partial charge in [-0.2, -0.15) is 0 Å². The molecule has 2 nitrogen and oxygen atoms in total. The van der Waals surface area contributed by atoms with Crippen molar-refractivity contribution in [2.45, 2.75) is 12.8 Å². The number of nitrogens with two attached hydrogens (primary N) is 1. The molecule has 1 aromatic rings.